The van der Waals surface area contributed by atoms with Crippen molar-refractivity contribution < 1.29 is 4.74 Å². The topological polar surface area (TPSA) is 90.0 Å². The van der Waals surface area contributed by atoms with Crippen LogP contribution in [0.2, 0.25) is 0 Å². The molecule has 2 aliphatic heterocycles. The van der Waals surface area contributed by atoms with Gasteiger partial charge in [0.05, 0.1) is 18.9 Å². The van der Waals surface area contributed by atoms with E-state index in [-0.39, 0.29) is 17.6 Å². The van der Waals surface area contributed by atoms with E-state index in [4.69, 9.17) is 20.4 Å². The monoisotopic (exact) mass is 436 g/mol. The molecule has 1 spiro atoms. The fourth-order valence-electron chi connectivity index (χ4n) is 4.58. The zero-order valence-electron chi connectivity index (χ0n) is 18.2. The number of piperidine rings is 1. The first kappa shape index (κ1) is 20.6. The lowest BCUT2D eigenvalue weighted by Crippen LogP contribution is -2.50. The molecule has 0 unspecified atom stereocenters. The molecule has 3 aromatic heterocycles. The molecule has 0 aliphatic carbocycles. The first-order valence-electron chi connectivity index (χ1n) is 10.8. The van der Waals surface area contributed by atoms with Crippen LogP contribution in [0.5, 0.6) is 0 Å². The Morgan fingerprint density at radius 2 is 1.94 bits per heavy atom. The molecule has 0 radical (unpaired) electrons. The van der Waals surface area contributed by atoms with Gasteiger partial charge < -0.3 is 15.4 Å². The molecular weight excluding hydrogens is 408 g/mol. The summed E-state index contributed by atoms with van der Waals surface area (Å²) in [5, 5.41) is 0.910. The number of nitrogens with zero attached hydrogens (tertiary/aromatic N) is 5. The van der Waals surface area contributed by atoms with Crippen molar-refractivity contribution in [2.75, 3.05) is 24.6 Å². The van der Waals surface area contributed by atoms with Gasteiger partial charge in [0.1, 0.15) is 16.4 Å². The number of hydrogen-bond acceptors (Lipinski definition) is 8. The minimum atomic E-state index is 0.108. The van der Waals surface area contributed by atoms with E-state index in [1.165, 1.54) is 5.56 Å². The zero-order chi connectivity index (χ0) is 21.6. The second kappa shape index (κ2) is 8.00. The number of ether oxygens (including phenoxy) is 1. The van der Waals surface area contributed by atoms with Crippen LogP contribution in [-0.2, 0) is 4.74 Å². The van der Waals surface area contributed by atoms with Crippen molar-refractivity contribution in [1.29, 1.82) is 0 Å². The van der Waals surface area contributed by atoms with E-state index < -0.39 is 0 Å². The van der Waals surface area contributed by atoms with E-state index in [0.29, 0.717) is 5.65 Å². The van der Waals surface area contributed by atoms with Crippen molar-refractivity contribution in [3.05, 3.63) is 41.9 Å². The SMILES string of the molecule is Cc1nccc(Sc2ccc3nc(N4CCC5(CC4)CO[C@@H](C)[C@H]5N)cnc3n2)c1C. The Morgan fingerprint density at radius 1 is 1.13 bits per heavy atom. The molecule has 8 heteroatoms. The third-order valence-electron chi connectivity index (χ3n) is 6.92. The highest BCUT2D eigenvalue weighted by Crippen LogP contribution is 2.41. The van der Waals surface area contributed by atoms with Crippen LogP contribution in [0.3, 0.4) is 0 Å². The summed E-state index contributed by atoms with van der Waals surface area (Å²) in [7, 11) is 0. The molecular formula is C23H28N6OS. The summed E-state index contributed by atoms with van der Waals surface area (Å²) >= 11 is 1.63. The molecule has 2 aliphatic rings. The zero-order valence-corrected chi connectivity index (χ0v) is 19.0. The Hall–Kier alpha value is -2.29. The van der Waals surface area contributed by atoms with Crippen LogP contribution < -0.4 is 10.6 Å². The van der Waals surface area contributed by atoms with Gasteiger partial charge in [-0.3, -0.25) is 4.98 Å². The summed E-state index contributed by atoms with van der Waals surface area (Å²) < 4.78 is 5.84. The molecule has 0 amide bonds. The van der Waals surface area contributed by atoms with Crippen molar-refractivity contribution in [2.24, 2.45) is 11.1 Å². The van der Waals surface area contributed by atoms with Gasteiger partial charge in [-0.2, -0.15) is 0 Å². The minimum Gasteiger partial charge on any atom is -0.376 e. The second-order valence-electron chi connectivity index (χ2n) is 8.73. The molecule has 0 aromatic carbocycles. The molecule has 5 rings (SSSR count). The highest BCUT2D eigenvalue weighted by atomic mass is 32.2. The smallest absolute Gasteiger partial charge is 0.179 e. The molecule has 0 saturated carbocycles. The van der Waals surface area contributed by atoms with E-state index >= 15 is 0 Å². The number of anilines is 1. The van der Waals surface area contributed by atoms with Gasteiger partial charge in [0, 0.05) is 41.3 Å². The standard InChI is InChI=1S/C23H28N6OS/c1-14-15(2)25-9-6-18(14)31-20-5-4-17-22(28-20)26-12-19(27-17)29-10-7-23(8-11-29)13-30-16(3)21(23)24/h4-6,9,12,16,21H,7-8,10-11,13,24H2,1-3H3/t16-,21+/m0/s1. The van der Waals surface area contributed by atoms with E-state index in [1.54, 1.807) is 11.8 Å². The third kappa shape index (κ3) is 3.77. The van der Waals surface area contributed by atoms with Crippen molar-refractivity contribution in [2.45, 2.75) is 55.7 Å². The average molecular weight is 437 g/mol. The average Bonchev–Trinajstić information content (AvgIpc) is 3.06. The van der Waals surface area contributed by atoms with Gasteiger partial charge in [0.2, 0.25) is 0 Å². The van der Waals surface area contributed by atoms with Crippen LogP contribution >= 0.6 is 11.8 Å². The number of pyridine rings is 2. The maximum Gasteiger partial charge on any atom is 0.179 e. The van der Waals surface area contributed by atoms with Gasteiger partial charge in [-0.15, -0.1) is 0 Å². The lowest BCUT2D eigenvalue weighted by atomic mass is 9.73. The first-order valence-corrected chi connectivity index (χ1v) is 11.6. The maximum atomic E-state index is 6.45. The summed E-state index contributed by atoms with van der Waals surface area (Å²) in [4.78, 5) is 22.0. The fourth-order valence-corrected chi connectivity index (χ4v) is 5.50. The van der Waals surface area contributed by atoms with E-state index in [2.05, 4.69) is 28.7 Å². The molecule has 7 nitrogen and oxygen atoms in total. The predicted octanol–water partition coefficient (Wildman–Crippen LogP) is 3.52. The normalized spacial score (nSPS) is 23.0. The predicted molar refractivity (Wildman–Crippen MR) is 122 cm³/mol. The first-order chi connectivity index (χ1) is 14.9. The van der Waals surface area contributed by atoms with E-state index in [1.807, 2.05) is 37.5 Å². The lowest BCUT2D eigenvalue weighted by Gasteiger charge is -2.41. The molecule has 31 heavy (non-hydrogen) atoms. The Labute approximate surface area is 186 Å². The van der Waals surface area contributed by atoms with Crippen LogP contribution in [0.1, 0.15) is 31.0 Å². The number of hydrogen-bond donors (Lipinski definition) is 1. The second-order valence-corrected chi connectivity index (χ2v) is 9.80. The minimum absolute atomic E-state index is 0.108. The molecule has 2 N–H and O–H groups in total. The van der Waals surface area contributed by atoms with Crippen LogP contribution in [0, 0.1) is 19.3 Å². The largest absolute Gasteiger partial charge is 0.376 e. The van der Waals surface area contributed by atoms with Gasteiger partial charge >= 0.3 is 0 Å². The van der Waals surface area contributed by atoms with Crippen molar-refractivity contribution in [3.63, 3.8) is 0 Å². The number of aryl methyl sites for hydroxylation is 1. The molecule has 2 atom stereocenters. The Balaban J connectivity index is 1.32. The number of fused-ring (bicyclic) bond motifs is 1. The summed E-state index contributed by atoms with van der Waals surface area (Å²) in [6.45, 7) is 8.81. The number of nitrogens with two attached hydrogens (primary N) is 1. The lowest BCUT2D eigenvalue weighted by molar-refractivity contribution is 0.0974. The Morgan fingerprint density at radius 3 is 2.68 bits per heavy atom. The molecule has 162 valence electrons. The van der Waals surface area contributed by atoms with Crippen LogP contribution in [0.15, 0.2) is 40.5 Å². The van der Waals surface area contributed by atoms with E-state index in [0.717, 1.165) is 59.5 Å². The van der Waals surface area contributed by atoms with Crippen LogP contribution in [-0.4, -0.2) is 51.8 Å². The third-order valence-corrected chi connectivity index (χ3v) is 8.02. The summed E-state index contributed by atoms with van der Waals surface area (Å²) in [5.74, 6) is 0.908. The van der Waals surface area contributed by atoms with Crippen molar-refractivity contribution in [1.82, 2.24) is 19.9 Å². The number of rotatable bonds is 3. The summed E-state index contributed by atoms with van der Waals surface area (Å²) in [6.07, 6.45) is 5.88. The van der Waals surface area contributed by atoms with Crippen LogP contribution in [0.25, 0.3) is 11.2 Å². The van der Waals surface area contributed by atoms with Gasteiger partial charge in [-0.1, -0.05) is 11.8 Å². The Kier molecular flexibility index (Phi) is 5.32. The van der Waals surface area contributed by atoms with Gasteiger partial charge in [-0.05, 0) is 57.4 Å². The maximum absolute atomic E-state index is 6.45. The number of aromatic nitrogens is 4. The summed E-state index contributed by atoms with van der Waals surface area (Å²) in [5.41, 5.74) is 10.3. The molecule has 2 fully saturated rings. The molecule has 2 saturated heterocycles. The quantitative estimate of drug-likeness (QED) is 0.667. The van der Waals surface area contributed by atoms with Gasteiger partial charge in [-0.25, -0.2) is 15.0 Å². The Bertz CT molecular complexity index is 1110. The van der Waals surface area contributed by atoms with Crippen molar-refractivity contribution >= 4 is 28.7 Å². The van der Waals surface area contributed by atoms with Crippen molar-refractivity contribution in [3.8, 4) is 0 Å². The van der Waals surface area contributed by atoms with Crippen LogP contribution in [0.4, 0.5) is 5.82 Å². The van der Waals surface area contributed by atoms with Gasteiger partial charge in [0.25, 0.3) is 0 Å². The molecule has 3 aromatic rings. The molecule has 0 bridgehead atoms. The van der Waals surface area contributed by atoms with Gasteiger partial charge in [0.15, 0.2) is 5.65 Å². The highest BCUT2D eigenvalue weighted by Gasteiger charge is 2.47. The van der Waals surface area contributed by atoms with E-state index in [9.17, 15) is 0 Å². The summed E-state index contributed by atoms with van der Waals surface area (Å²) in [6, 6.07) is 6.17. The highest BCUT2D eigenvalue weighted by molar-refractivity contribution is 7.99. The fraction of sp³-hybridized carbons (Fsp3) is 0.478. The molecule has 5 heterocycles.